The summed E-state index contributed by atoms with van der Waals surface area (Å²) in [6.07, 6.45) is 0.933. The molecule has 7 nitrogen and oxygen atoms in total. The molecule has 1 aromatic carbocycles. The molecule has 0 aliphatic heterocycles. The third-order valence-corrected chi connectivity index (χ3v) is 2.31. The maximum atomic E-state index is 13.3. The number of halogens is 1. The van der Waals surface area contributed by atoms with Crippen LogP contribution in [0, 0.1) is 22.9 Å². The lowest BCUT2D eigenvalue weighted by Crippen LogP contribution is -2.01. The third-order valence-electron chi connectivity index (χ3n) is 2.31. The smallest absolute Gasteiger partial charge is 0.349 e. The lowest BCUT2D eigenvalue weighted by molar-refractivity contribution is -0.386. The topological polar surface area (TPSA) is 104 Å². The van der Waals surface area contributed by atoms with E-state index < -0.39 is 16.4 Å². The number of hydrogen-bond donors (Lipinski definition) is 1. The van der Waals surface area contributed by atoms with Gasteiger partial charge in [-0.2, -0.15) is 4.98 Å². The maximum absolute atomic E-state index is 13.3. The van der Waals surface area contributed by atoms with Gasteiger partial charge in [-0.25, -0.2) is 9.37 Å². The Morgan fingerprint density at radius 2 is 2.21 bits per heavy atom. The van der Waals surface area contributed by atoms with E-state index in [0.29, 0.717) is 5.56 Å². The van der Waals surface area contributed by atoms with Crippen molar-refractivity contribution in [1.82, 2.24) is 9.97 Å². The highest BCUT2D eigenvalue weighted by Gasteiger charge is 2.19. The third kappa shape index (κ3) is 2.73. The fraction of sp³-hybridized carbons (Fsp3) is 0.0909. The zero-order valence-electron chi connectivity index (χ0n) is 9.83. The minimum absolute atomic E-state index is 0.0873. The number of ether oxygens (including phenoxy) is 1. The van der Waals surface area contributed by atoms with Crippen molar-refractivity contribution < 1.29 is 14.1 Å². The Labute approximate surface area is 107 Å². The van der Waals surface area contributed by atoms with Crippen LogP contribution in [0.2, 0.25) is 0 Å². The predicted octanol–water partition coefficient (Wildman–Crippen LogP) is 2.21. The van der Waals surface area contributed by atoms with Crippen molar-refractivity contribution in [1.29, 1.82) is 0 Å². The number of aromatic nitrogens is 2. The van der Waals surface area contributed by atoms with Crippen molar-refractivity contribution >= 4 is 11.6 Å². The molecule has 2 N–H and O–H groups in total. The van der Waals surface area contributed by atoms with Gasteiger partial charge in [0.05, 0.1) is 4.92 Å². The maximum Gasteiger partial charge on any atom is 0.349 e. The van der Waals surface area contributed by atoms with Crippen LogP contribution in [0.25, 0.3) is 0 Å². The first kappa shape index (κ1) is 12.7. The molecule has 0 spiro atoms. The lowest BCUT2D eigenvalue weighted by Gasteiger charge is -2.06. The van der Waals surface area contributed by atoms with Crippen molar-refractivity contribution in [3.05, 3.63) is 45.9 Å². The number of rotatable bonds is 3. The van der Waals surface area contributed by atoms with Crippen molar-refractivity contribution in [3.8, 4) is 11.6 Å². The SMILES string of the molecule is Cc1ccc(Oc2nc(N)ncc2[N+](=O)[O-])cc1F. The highest BCUT2D eigenvalue weighted by atomic mass is 19.1. The second-order valence-electron chi connectivity index (χ2n) is 3.69. The number of nitro groups is 1. The standard InChI is InChI=1S/C11H9FN4O3/c1-6-2-3-7(4-8(6)12)19-10-9(16(17)18)5-14-11(13)15-10/h2-5H,1H3,(H2,13,14,15). The molecule has 1 heterocycles. The molecule has 2 aromatic rings. The zero-order chi connectivity index (χ0) is 14.0. The molecule has 0 aliphatic carbocycles. The molecule has 0 atom stereocenters. The molecule has 0 saturated heterocycles. The second kappa shape index (κ2) is 4.84. The number of nitrogens with two attached hydrogens (primary N) is 1. The van der Waals surface area contributed by atoms with Crippen LogP contribution < -0.4 is 10.5 Å². The van der Waals surface area contributed by atoms with E-state index in [1.54, 1.807) is 6.92 Å². The Bertz CT molecular complexity index is 648. The first-order valence-electron chi connectivity index (χ1n) is 5.18. The van der Waals surface area contributed by atoms with Crippen LogP contribution in [0.5, 0.6) is 11.6 Å². The van der Waals surface area contributed by atoms with Crippen molar-refractivity contribution in [2.24, 2.45) is 0 Å². The highest BCUT2D eigenvalue weighted by molar-refractivity contribution is 5.44. The molecule has 0 fully saturated rings. The van der Waals surface area contributed by atoms with Crippen LogP contribution in [-0.4, -0.2) is 14.9 Å². The fourth-order valence-electron chi connectivity index (χ4n) is 1.32. The van der Waals surface area contributed by atoms with Gasteiger partial charge < -0.3 is 10.5 Å². The highest BCUT2D eigenvalue weighted by Crippen LogP contribution is 2.29. The van der Waals surface area contributed by atoms with E-state index in [-0.39, 0.29) is 17.6 Å². The molecule has 0 unspecified atom stereocenters. The van der Waals surface area contributed by atoms with Gasteiger partial charge in [-0.05, 0) is 18.6 Å². The van der Waals surface area contributed by atoms with Crippen molar-refractivity contribution in [2.75, 3.05) is 5.73 Å². The average molecular weight is 264 g/mol. The van der Waals surface area contributed by atoms with Gasteiger partial charge in [-0.15, -0.1) is 0 Å². The summed E-state index contributed by atoms with van der Waals surface area (Å²) >= 11 is 0. The van der Waals surface area contributed by atoms with Gasteiger partial charge in [0.1, 0.15) is 17.8 Å². The zero-order valence-corrected chi connectivity index (χ0v) is 9.83. The molecular weight excluding hydrogens is 255 g/mol. The van der Waals surface area contributed by atoms with E-state index in [2.05, 4.69) is 9.97 Å². The molecular formula is C11H9FN4O3. The van der Waals surface area contributed by atoms with E-state index in [0.717, 1.165) is 12.3 Å². The normalized spacial score (nSPS) is 10.2. The Hall–Kier alpha value is -2.77. The van der Waals surface area contributed by atoms with E-state index in [9.17, 15) is 14.5 Å². The molecule has 0 aliphatic rings. The molecule has 19 heavy (non-hydrogen) atoms. The molecule has 0 bridgehead atoms. The van der Waals surface area contributed by atoms with Crippen molar-refractivity contribution in [2.45, 2.75) is 6.92 Å². The van der Waals surface area contributed by atoms with Gasteiger partial charge in [-0.1, -0.05) is 6.07 Å². The molecule has 0 radical (unpaired) electrons. The summed E-state index contributed by atoms with van der Waals surface area (Å²) in [4.78, 5) is 17.2. The minimum atomic E-state index is -0.709. The number of aryl methyl sites for hydroxylation is 1. The molecule has 0 amide bonds. The largest absolute Gasteiger partial charge is 0.433 e. The lowest BCUT2D eigenvalue weighted by atomic mass is 10.2. The summed E-state index contributed by atoms with van der Waals surface area (Å²) in [5.74, 6) is -0.902. The Kier molecular flexibility index (Phi) is 3.23. The molecule has 1 aromatic heterocycles. The average Bonchev–Trinajstić information content (AvgIpc) is 2.33. The second-order valence-corrected chi connectivity index (χ2v) is 3.69. The quantitative estimate of drug-likeness (QED) is 0.673. The number of nitrogens with zero attached hydrogens (tertiary/aromatic N) is 3. The van der Waals surface area contributed by atoms with E-state index in [1.807, 2.05) is 0 Å². The first-order chi connectivity index (χ1) is 8.97. The number of hydrogen-bond acceptors (Lipinski definition) is 6. The number of anilines is 1. The Balaban J connectivity index is 2.39. The Morgan fingerprint density at radius 3 is 2.84 bits per heavy atom. The van der Waals surface area contributed by atoms with Gasteiger partial charge in [-0.3, -0.25) is 10.1 Å². The summed E-state index contributed by atoms with van der Waals surface area (Å²) < 4.78 is 18.5. The van der Waals surface area contributed by atoms with Crippen LogP contribution in [0.15, 0.2) is 24.4 Å². The van der Waals surface area contributed by atoms with Gasteiger partial charge in [0.25, 0.3) is 0 Å². The summed E-state index contributed by atoms with van der Waals surface area (Å²) in [6, 6.07) is 4.07. The van der Waals surface area contributed by atoms with Crippen LogP contribution in [0.1, 0.15) is 5.56 Å². The van der Waals surface area contributed by atoms with Gasteiger partial charge >= 0.3 is 11.6 Å². The summed E-state index contributed by atoms with van der Waals surface area (Å²) in [7, 11) is 0. The van der Waals surface area contributed by atoms with Crippen LogP contribution >= 0.6 is 0 Å². The van der Waals surface area contributed by atoms with Crippen molar-refractivity contribution in [3.63, 3.8) is 0 Å². The van der Waals surface area contributed by atoms with Crippen LogP contribution in [-0.2, 0) is 0 Å². The summed E-state index contributed by atoms with van der Waals surface area (Å²) in [5, 5.41) is 10.8. The number of benzene rings is 1. The molecule has 8 heteroatoms. The Morgan fingerprint density at radius 1 is 1.47 bits per heavy atom. The first-order valence-corrected chi connectivity index (χ1v) is 5.18. The van der Waals surface area contributed by atoms with Gasteiger partial charge in [0.15, 0.2) is 0 Å². The van der Waals surface area contributed by atoms with E-state index in [1.165, 1.54) is 12.1 Å². The monoisotopic (exact) mass is 264 g/mol. The van der Waals surface area contributed by atoms with E-state index in [4.69, 9.17) is 10.5 Å². The summed E-state index contributed by atoms with van der Waals surface area (Å²) in [6.45, 7) is 1.59. The van der Waals surface area contributed by atoms with Crippen LogP contribution in [0.4, 0.5) is 16.0 Å². The molecule has 2 rings (SSSR count). The summed E-state index contributed by atoms with van der Waals surface area (Å²) in [5.41, 5.74) is 5.32. The van der Waals surface area contributed by atoms with E-state index >= 15 is 0 Å². The number of nitrogen functional groups attached to an aromatic ring is 1. The molecule has 0 saturated carbocycles. The van der Waals surface area contributed by atoms with Gasteiger partial charge in [0, 0.05) is 6.07 Å². The van der Waals surface area contributed by atoms with Gasteiger partial charge in [0.2, 0.25) is 5.95 Å². The minimum Gasteiger partial charge on any atom is -0.433 e. The van der Waals surface area contributed by atoms with Crippen LogP contribution in [0.3, 0.4) is 0 Å². The predicted molar refractivity (Wildman–Crippen MR) is 64.3 cm³/mol. The fourth-order valence-corrected chi connectivity index (χ4v) is 1.32. The molecule has 98 valence electrons.